The lowest BCUT2D eigenvalue weighted by atomic mass is 10.0. The monoisotopic (exact) mass is 397 g/mol. The number of carbonyl (C=O) groups excluding carboxylic acids is 1. The van der Waals surface area contributed by atoms with Crippen LogP contribution in [0, 0.1) is 12.8 Å². The lowest BCUT2D eigenvalue weighted by Gasteiger charge is -2.22. The smallest absolute Gasteiger partial charge is 0.243 e. The van der Waals surface area contributed by atoms with E-state index in [1.807, 2.05) is 25.1 Å². The minimum atomic E-state index is -3.95. The minimum absolute atomic E-state index is 0.0552. The van der Waals surface area contributed by atoms with Crippen molar-refractivity contribution < 1.29 is 13.2 Å². The summed E-state index contributed by atoms with van der Waals surface area (Å²) in [7, 11) is -3.95. The van der Waals surface area contributed by atoms with Crippen LogP contribution in [0.4, 0.5) is 5.69 Å². The molecule has 0 spiro atoms. The number of carbonyl (C=O) groups is 1. The van der Waals surface area contributed by atoms with Gasteiger partial charge in [-0.1, -0.05) is 44.2 Å². The van der Waals surface area contributed by atoms with Gasteiger partial charge in [0, 0.05) is 17.3 Å². The Morgan fingerprint density at radius 2 is 1.75 bits per heavy atom. The molecule has 146 valence electrons. The van der Waals surface area contributed by atoms with E-state index < -0.39 is 22.0 Å². The molecule has 3 aromatic rings. The number of aromatic nitrogens is 1. The van der Waals surface area contributed by atoms with E-state index in [1.165, 1.54) is 6.07 Å². The summed E-state index contributed by atoms with van der Waals surface area (Å²) >= 11 is 0. The van der Waals surface area contributed by atoms with Gasteiger partial charge in [-0.05, 0) is 42.7 Å². The molecule has 0 radical (unpaired) electrons. The molecule has 0 saturated heterocycles. The molecule has 2 aromatic carbocycles. The summed E-state index contributed by atoms with van der Waals surface area (Å²) in [5.41, 5.74) is 2.00. The maximum Gasteiger partial charge on any atom is 0.243 e. The highest BCUT2D eigenvalue weighted by Gasteiger charge is 2.29. The Labute approximate surface area is 165 Å². The number of hydrogen-bond acceptors (Lipinski definition) is 4. The van der Waals surface area contributed by atoms with Crippen molar-refractivity contribution in [3.8, 4) is 0 Å². The van der Waals surface area contributed by atoms with Crippen LogP contribution in [0.1, 0.15) is 19.4 Å². The van der Waals surface area contributed by atoms with Gasteiger partial charge in [0.25, 0.3) is 0 Å². The van der Waals surface area contributed by atoms with E-state index in [-0.39, 0.29) is 10.8 Å². The van der Waals surface area contributed by atoms with Gasteiger partial charge < -0.3 is 5.32 Å². The number of benzene rings is 2. The normalized spacial score (nSPS) is 12.9. The molecule has 0 bridgehead atoms. The van der Waals surface area contributed by atoms with Gasteiger partial charge in [-0.2, -0.15) is 4.72 Å². The predicted octanol–water partition coefficient (Wildman–Crippen LogP) is 3.48. The zero-order valence-corrected chi connectivity index (χ0v) is 16.8. The quantitative estimate of drug-likeness (QED) is 0.666. The summed E-state index contributed by atoms with van der Waals surface area (Å²) in [5, 5.41) is 3.51. The van der Waals surface area contributed by atoms with E-state index >= 15 is 0 Å². The van der Waals surface area contributed by atoms with Gasteiger partial charge in [0.1, 0.15) is 10.9 Å². The highest BCUT2D eigenvalue weighted by atomic mass is 32.2. The van der Waals surface area contributed by atoms with Crippen molar-refractivity contribution in [2.75, 3.05) is 5.32 Å². The number of nitrogens with one attached hydrogen (secondary N) is 2. The number of aryl methyl sites for hydroxylation is 1. The molecule has 0 unspecified atom stereocenters. The number of fused-ring (bicyclic) bond motifs is 1. The Balaban J connectivity index is 1.89. The van der Waals surface area contributed by atoms with Crippen molar-refractivity contribution in [3.05, 3.63) is 66.4 Å². The third kappa shape index (κ3) is 4.37. The molecule has 0 aliphatic rings. The van der Waals surface area contributed by atoms with E-state index in [0.29, 0.717) is 11.2 Å². The third-order valence-electron chi connectivity index (χ3n) is 4.40. The van der Waals surface area contributed by atoms with Crippen molar-refractivity contribution in [1.82, 2.24) is 9.71 Å². The number of anilines is 1. The molecule has 3 rings (SSSR count). The summed E-state index contributed by atoms with van der Waals surface area (Å²) in [6.45, 7) is 5.51. The third-order valence-corrected chi connectivity index (χ3v) is 5.87. The standard InChI is InChI=1S/C21H23N3O3S/c1-14(2)19(21(25)23-17-10-4-7-15(3)13-17)24-28(26,27)18-11-5-8-16-9-6-12-22-20(16)18/h4-14,19,24H,1-3H3,(H,23,25)/t19-/m0/s1. The van der Waals surface area contributed by atoms with E-state index in [2.05, 4.69) is 15.0 Å². The summed E-state index contributed by atoms with van der Waals surface area (Å²) in [5.74, 6) is -0.653. The van der Waals surface area contributed by atoms with Crippen LogP contribution in [-0.2, 0) is 14.8 Å². The van der Waals surface area contributed by atoms with Gasteiger partial charge in [0.15, 0.2) is 0 Å². The molecule has 6 nitrogen and oxygen atoms in total. The zero-order chi connectivity index (χ0) is 20.3. The van der Waals surface area contributed by atoms with Gasteiger partial charge in [-0.15, -0.1) is 0 Å². The van der Waals surface area contributed by atoms with Crippen LogP contribution in [-0.4, -0.2) is 25.4 Å². The number of para-hydroxylation sites is 1. The first-order chi connectivity index (χ1) is 13.3. The van der Waals surface area contributed by atoms with Gasteiger partial charge in [-0.25, -0.2) is 8.42 Å². The Morgan fingerprint density at radius 3 is 2.46 bits per heavy atom. The lowest BCUT2D eigenvalue weighted by molar-refractivity contribution is -0.118. The summed E-state index contributed by atoms with van der Waals surface area (Å²) in [6.07, 6.45) is 1.55. The molecule has 28 heavy (non-hydrogen) atoms. The molecule has 0 fully saturated rings. The second kappa shape index (κ2) is 8.08. The fourth-order valence-electron chi connectivity index (χ4n) is 2.96. The Kier molecular flexibility index (Phi) is 5.76. The van der Waals surface area contributed by atoms with Gasteiger partial charge >= 0.3 is 0 Å². The minimum Gasteiger partial charge on any atom is -0.325 e. The van der Waals surface area contributed by atoms with Crippen molar-refractivity contribution in [2.45, 2.75) is 31.7 Å². The molecule has 1 atom stereocenters. The SMILES string of the molecule is Cc1cccc(NC(=O)[C@@H](NS(=O)(=O)c2cccc3cccnc23)C(C)C)c1. The summed E-state index contributed by atoms with van der Waals surface area (Å²) in [4.78, 5) is 17.0. The number of nitrogens with zero attached hydrogens (tertiary/aromatic N) is 1. The number of rotatable bonds is 6. The average molecular weight is 398 g/mol. The van der Waals surface area contributed by atoms with E-state index in [1.54, 1.807) is 50.4 Å². The molecular formula is C21H23N3O3S. The molecule has 2 N–H and O–H groups in total. The van der Waals surface area contributed by atoms with Crippen molar-refractivity contribution in [3.63, 3.8) is 0 Å². The first kappa shape index (κ1) is 20.0. The first-order valence-electron chi connectivity index (χ1n) is 9.01. The van der Waals surface area contributed by atoms with Crippen molar-refractivity contribution >= 4 is 32.5 Å². The van der Waals surface area contributed by atoms with Crippen molar-refractivity contribution in [1.29, 1.82) is 0 Å². The van der Waals surface area contributed by atoms with Crippen LogP contribution in [0.2, 0.25) is 0 Å². The Morgan fingerprint density at radius 1 is 1.04 bits per heavy atom. The molecule has 0 aliphatic heterocycles. The highest BCUT2D eigenvalue weighted by molar-refractivity contribution is 7.89. The molecule has 1 amide bonds. The van der Waals surface area contributed by atoms with Crippen LogP contribution in [0.15, 0.2) is 65.7 Å². The maximum absolute atomic E-state index is 13.0. The summed E-state index contributed by atoms with van der Waals surface area (Å²) in [6, 6.07) is 14.9. The molecule has 0 aliphatic carbocycles. The average Bonchev–Trinajstić information content (AvgIpc) is 2.65. The van der Waals surface area contributed by atoms with Crippen LogP contribution in [0.3, 0.4) is 0 Å². The van der Waals surface area contributed by atoms with Crippen LogP contribution < -0.4 is 10.0 Å². The maximum atomic E-state index is 13.0. The number of hydrogen-bond donors (Lipinski definition) is 2. The van der Waals surface area contributed by atoms with Gasteiger partial charge in [0.2, 0.25) is 15.9 Å². The Hall–Kier alpha value is -2.77. The van der Waals surface area contributed by atoms with Gasteiger partial charge in [0.05, 0.1) is 5.52 Å². The number of amides is 1. The molecular weight excluding hydrogens is 374 g/mol. The second-order valence-corrected chi connectivity index (χ2v) is 8.72. The van der Waals surface area contributed by atoms with E-state index in [4.69, 9.17) is 0 Å². The zero-order valence-electron chi connectivity index (χ0n) is 16.0. The summed E-state index contributed by atoms with van der Waals surface area (Å²) < 4.78 is 28.6. The van der Waals surface area contributed by atoms with E-state index in [9.17, 15) is 13.2 Å². The molecule has 0 saturated carbocycles. The second-order valence-electron chi connectivity index (χ2n) is 7.03. The fourth-order valence-corrected chi connectivity index (χ4v) is 4.48. The van der Waals surface area contributed by atoms with Crippen LogP contribution in [0.25, 0.3) is 10.9 Å². The highest BCUT2D eigenvalue weighted by Crippen LogP contribution is 2.22. The molecule has 7 heteroatoms. The van der Waals surface area contributed by atoms with Crippen LogP contribution in [0.5, 0.6) is 0 Å². The molecule has 1 aromatic heterocycles. The van der Waals surface area contributed by atoms with Crippen LogP contribution >= 0.6 is 0 Å². The fraction of sp³-hybridized carbons (Fsp3) is 0.238. The number of pyridine rings is 1. The predicted molar refractivity (Wildman–Crippen MR) is 110 cm³/mol. The first-order valence-corrected chi connectivity index (χ1v) is 10.5. The molecule has 1 heterocycles. The number of sulfonamides is 1. The van der Waals surface area contributed by atoms with Crippen molar-refractivity contribution in [2.24, 2.45) is 5.92 Å². The van der Waals surface area contributed by atoms with E-state index in [0.717, 1.165) is 10.9 Å². The van der Waals surface area contributed by atoms with Gasteiger partial charge in [-0.3, -0.25) is 9.78 Å². The topological polar surface area (TPSA) is 88.2 Å². The largest absolute Gasteiger partial charge is 0.325 e. The Bertz CT molecular complexity index is 1110. The lowest BCUT2D eigenvalue weighted by Crippen LogP contribution is -2.47.